The molecule has 1 heterocycles. The van der Waals surface area contributed by atoms with Gasteiger partial charge in [-0.1, -0.05) is 19.1 Å². The fraction of sp³-hybridized carbons (Fsp3) is 0.231. The summed E-state index contributed by atoms with van der Waals surface area (Å²) in [6.07, 6.45) is 0. The zero-order valence-corrected chi connectivity index (χ0v) is 12.5. The Hall–Kier alpha value is -1.50. The van der Waals surface area contributed by atoms with Crippen molar-refractivity contribution < 1.29 is 12.8 Å². The summed E-state index contributed by atoms with van der Waals surface area (Å²) in [7, 11) is -3.51. The predicted octanol–water partition coefficient (Wildman–Crippen LogP) is 2.84. The van der Waals surface area contributed by atoms with Gasteiger partial charge in [0.15, 0.2) is 5.22 Å². The van der Waals surface area contributed by atoms with E-state index in [1.165, 1.54) is 0 Å². The Balaban J connectivity index is 2.20. The van der Waals surface area contributed by atoms with Gasteiger partial charge in [-0.15, -0.1) is 0 Å². The first-order valence-corrected chi connectivity index (χ1v) is 7.96. The number of benzene rings is 1. The monoisotopic (exact) mass is 314 g/mol. The molecule has 7 heteroatoms. The lowest BCUT2D eigenvalue weighted by atomic mass is 10.3. The van der Waals surface area contributed by atoms with Crippen molar-refractivity contribution in [2.45, 2.75) is 18.4 Å². The van der Waals surface area contributed by atoms with Gasteiger partial charge in [0.2, 0.25) is 10.0 Å². The summed E-state index contributed by atoms with van der Waals surface area (Å²) >= 11 is 5.69. The van der Waals surface area contributed by atoms with E-state index in [4.69, 9.17) is 16.0 Å². The van der Waals surface area contributed by atoms with Crippen molar-refractivity contribution in [2.24, 2.45) is 0 Å². The van der Waals surface area contributed by atoms with E-state index in [-0.39, 0.29) is 4.90 Å². The van der Waals surface area contributed by atoms with Gasteiger partial charge >= 0.3 is 0 Å². The average Bonchev–Trinajstić information content (AvgIpc) is 2.82. The topological polar surface area (TPSA) is 71.3 Å². The molecular weight excluding hydrogens is 300 g/mol. The zero-order valence-electron chi connectivity index (χ0n) is 10.9. The largest absolute Gasteiger partial charge is 0.448 e. The normalized spacial score (nSPS) is 11.5. The Bertz CT molecular complexity index is 682. The summed E-state index contributed by atoms with van der Waals surface area (Å²) < 4.78 is 31.8. The molecule has 5 nitrogen and oxygen atoms in total. The van der Waals surface area contributed by atoms with Gasteiger partial charge in [0.25, 0.3) is 0 Å². The number of nitrogens with one attached hydrogen (secondary N) is 2. The second-order valence-corrected chi connectivity index (χ2v) is 6.16. The third-order valence-electron chi connectivity index (χ3n) is 2.59. The molecule has 0 aliphatic rings. The smallest absolute Gasteiger partial charge is 0.242 e. The predicted molar refractivity (Wildman–Crippen MR) is 78.3 cm³/mol. The molecule has 0 radical (unpaired) electrons. The first kappa shape index (κ1) is 14.9. The highest BCUT2D eigenvalue weighted by Crippen LogP contribution is 2.22. The standard InChI is InChI=1S/C13H15ClN2O3S/c1-2-16-20(17,18)12-6-4-3-5-11(12)15-9-10-7-8-13(14)19-10/h3-8,15-16H,2,9H2,1H3. The molecule has 108 valence electrons. The maximum Gasteiger partial charge on any atom is 0.242 e. The quantitative estimate of drug-likeness (QED) is 0.860. The Kier molecular flexibility index (Phi) is 4.69. The van der Waals surface area contributed by atoms with E-state index in [2.05, 4.69) is 10.0 Å². The second-order valence-electron chi connectivity index (χ2n) is 4.06. The molecule has 2 rings (SSSR count). The minimum Gasteiger partial charge on any atom is -0.448 e. The van der Waals surface area contributed by atoms with Crippen molar-refractivity contribution in [1.29, 1.82) is 0 Å². The number of anilines is 1. The summed E-state index contributed by atoms with van der Waals surface area (Å²) in [6.45, 7) is 2.42. The first-order chi connectivity index (χ1) is 9.53. The van der Waals surface area contributed by atoms with Crippen LogP contribution in [0.2, 0.25) is 5.22 Å². The van der Waals surface area contributed by atoms with Crippen molar-refractivity contribution in [3.05, 3.63) is 47.4 Å². The van der Waals surface area contributed by atoms with Crippen LogP contribution >= 0.6 is 11.6 Å². The Morgan fingerprint density at radius 2 is 1.95 bits per heavy atom. The van der Waals surface area contributed by atoms with Gasteiger partial charge in [-0.2, -0.15) is 0 Å². The molecule has 20 heavy (non-hydrogen) atoms. The van der Waals surface area contributed by atoms with Gasteiger partial charge in [-0.25, -0.2) is 13.1 Å². The van der Waals surface area contributed by atoms with E-state index < -0.39 is 10.0 Å². The van der Waals surface area contributed by atoms with E-state index in [1.54, 1.807) is 43.3 Å². The number of hydrogen-bond donors (Lipinski definition) is 2. The van der Waals surface area contributed by atoms with Crippen LogP contribution in [-0.4, -0.2) is 15.0 Å². The molecule has 0 unspecified atom stereocenters. The lowest BCUT2D eigenvalue weighted by Gasteiger charge is -2.11. The van der Waals surface area contributed by atoms with E-state index in [1.807, 2.05) is 0 Å². The van der Waals surface area contributed by atoms with Gasteiger partial charge in [0, 0.05) is 6.54 Å². The first-order valence-electron chi connectivity index (χ1n) is 6.09. The molecule has 0 amide bonds. The molecule has 0 saturated carbocycles. The van der Waals surface area contributed by atoms with Gasteiger partial charge < -0.3 is 9.73 Å². The number of rotatable bonds is 6. The summed E-state index contributed by atoms with van der Waals surface area (Å²) in [5, 5.41) is 3.34. The molecule has 1 aromatic heterocycles. The molecule has 0 atom stereocenters. The highest BCUT2D eigenvalue weighted by Gasteiger charge is 2.16. The molecule has 0 spiro atoms. The van der Waals surface area contributed by atoms with Crippen LogP contribution < -0.4 is 10.0 Å². The molecule has 0 aliphatic carbocycles. The third-order valence-corrected chi connectivity index (χ3v) is 4.40. The summed E-state index contributed by atoms with van der Waals surface area (Å²) in [5.74, 6) is 0.630. The average molecular weight is 315 g/mol. The number of hydrogen-bond acceptors (Lipinski definition) is 4. The number of sulfonamides is 1. The van der Waals surface area contributed by atoms with Crippen molar-refractivity contribution in [3.63, 3.8) is 0 Å². The second kappa shape index (κ2) is 6.30. The van der Waals surface area contributed by atoms with Crippen LogP contribution in [0.4, 0.5) is 5.69 Å². The van der Waals surface area contributed by atoms with Gasteiger partial charge in [0.05, 0.1) is 12.2 Å². The van der Waals surface area contributed by atoms with Gasteiger partial charge in [-0.05, 0) is 35.9 Å². The molecule has 0 aliphatic heterocycles. The summed E-state index contributed by atoms with van der Waals surface area (Å²) in [6, 6.07) is 10.1. The summed E-state index contributed by atoms with van der Waals surface area (Å²) in [4.78, 5) is 0.208. The molecule has 2 aromatic rings. The van der Waals surface area contributed by atoms with Crippen molar-refractivity contribution in [1.82, 2.24) is 4.72 Å². The maximum absolute atomic E-state index is 12.1. The number of halogens is 1. The van der Waals surface area contributed by atoms with E-state index >= 15 is 0 Å². The molecule has 0 saturated heterocycles. The minimum atomic E-state index is -3.51. The molecular formula is C13H15ClN2O3S. The van der Waals surface area contributed by atoms with Gasteiger partial charge in [-0.3, -0.25) is 0 Å². The van der Waals surface area contributed by atoms with Crippen LogP contribution in [0.15, 0.2) is 45.7 Å². The van der Waals surface area contributed by atoms with Crippen LogP contribution in [0.5, 0.6) is 0 Å². The SMILES string of the molecule is CCNS(=O)(=O)c1ccccc1NCc1ccc(Cl)o1. The molecule has 0 bridgehead atoms. The fourth-order valence-corrected chi connectivity index (χ4v) is 3.13. The lowest BCUT2D eigenvalue weighted by Crippen LogP contribution is -2.24. The van der Waals surface area contributed by atoms with Crippen LogP contribution in [0.1, 0.15) is 12.7 Å². The van der Waals surface area contributed by atoms with Crippen molar-refractivity contribution >= 4 is 27.3 Å². The van der Waals surface area contributed by atoms with Gasteiger partial charge in [0.1, 0.15) is 10.7 Å². The highest BCUT2D eigenvalue weighted by atomic mass is 35.5. The van der Waals surface area contributed by atoms with Crippen molar-refractivity contribution in [2.75, 3.05) is 11.9 Å². The minimum absolute atomic E-state index is 0.208. The van der Waals surface area contributed by atoms with E-state index in [0.29, 0.717) is 29.8 Å². The molecule has 0 fully saturated rings. The number of para-hydroxylation sites is 1. The lowest BCUT2D eigenvalue weighted by molar-refractivity contribution is 0.519. The van der Waals surface area contributed by atoms with E-state index in [9.17, 15) is 8.42 Å². The highest BCUT2D eigenvalue weighted by molar-refractivity contribution is 7.89. The molecule has 2 N–H and O–H groups in total. The third kappa shape index (κ3) is 3.53. The van der Waals surface area contributed by atoms with Crippen LogP contribution in [0, 0.1) is 0 Å². The van der Waals surface area contributed by atoms with Crippen LogP contribution in [-0.2, 0) is 16.6 Å². The molecule has 1 aromatic carbocycles. The Morgan fingerprint density at radius 3 is 2.60 bits per heavy atom. The fourth-order valence-electron chi connectivity index (χ4n) is 1.74. The zero-order chi connectivity index (χ0) is 14.6. The van der Waals surface area contributed by atoms with Crippen LogP contribution in [0.3, 0.4) is 0 Å². The Morgan fingerprint density at radius 1 is 1.20 bits per heavy atom. The van der Waals surface area contributed by atoms with Crippen LogP contribution in [0.25, 0.3) is 0 Å². The summed E-state index contributed by atoms with van der Waals surface area (Å²) in [5.41, 5.74) is 0.515. The van der Waals surface area contributed by atoms with Crippen molar-refractivity contribution in [3.8, 4) is 0 Å². The Labute approximate surface area is 123 Å². The van der Waals surface area contributed by atoms with E-state index in [0.717, 1.165) is 0 Å². The number of furan rings is 1. The maximum atomic E-state index is 12.1.